The summed E-state index contributed by atoms with van der Waals surface area (Å²) in [6, 6.07) is 7.77. The van der Waals surface area contributed by atoms with Gasteiger partial charge in [-0.3, -0.25) is 19.8 Å². The summed E-state index contributed by atoms with van der Waals surface area (Å²) in [4.78, 5) is 26.5. The van der Waals surface area contributed by atoms with Crippen molar-refractivity contribution in [3.8, 4) is 11.5 Å². The van der Waals surface area contributed by atoms with Gasteiger partial charge in [-0.05, 0) is 64.1 Å². The van der Waals surface area contributed by atoms with Gasteiger partial charge in [-0.2, -0.15) is 0 Å². The van der Waals surface area contributed by atoms with E-state index in [4.69, 9.17) is 40.2 Å². The number of amides is 2. The third kappa shape index (κ3) is 3.73. The predicted octanol–water partition coefficient (Wildman–Crippen LogP) is 4.30. The van der Waals surface area contributed by atoms with Crippen LogP contribution < -0.4 is 15.0 Å². The lowest BCUT2D eigenvalue weighted by Crippen LogP contribution is -2.54. The van der Waals surface area contributed by atoms with Gasteiger partial charge in [0.25, 0.3) is 11.8 Å². The van der Waals surface area contributed by atoms with E-state index >= 15 is 0 Å². The lowest BCUT2D eigenvalue weighted by molar-refractivity contribution is -0.122. The highest BCUT2D eigenvalue weighted by Gasteiger charge is 2.35. The monoisotopic (exact) mass is 500 g/mol. The minimum absolute atomic E-state index is 0.0995. The summed E-state index contributed by atoms with van der Waals surface area (Å²) in [6.07, 6.45) is 1.36. The van der Waals surface area contributed by atoms with Crippen LogP contribution in [0.5, 0.6) is 11.5 Å². The molecule has 0 unspecified atom stereocenters. The average molecular weight is 502 g/mol. The van der Waals surface area contributed by atoms with Crippen molar-refractivity contribution < 1.29 is 19.4 Å². The van der Waals surface area contributed by atoms with Gasteiger partial charge in [-0.25, -0.2) is 0 Å². The smallest absolute Gasteiger partial charge is 0.270 e. The van der Waals surface area contributed by atoms with Crippen molar-refractivity contribution in [2.75, 3.05) is 12.0 Å². The van der Waals surface area contributed by atoms with Crippen molar-refractivity contribution in [1.82, 2.24) is 5.32 Å². The molecule has 2 amide bonds. The number of carbonyl (C=O) groups is 2. The average Bonchev–Trinajstić information content (AvgIpc) is 2.64. The summed E-state index contributed by atoms with van der Waals surface area (Å²) >= 11 is 20.6. The quantitative estimate of drug-likeness (QED) is 0.372. The van der Waals surface area contributed by atoms with Gasteiger partial charge in [0.2, 0.25) is 0 Å². The molecule has 6 nitrogen and oxygen atoms in total. The number of ether oxygens (including phenoxy) is 1. The lowest BCUT2D eigenvalue weighted by atomic mass is 10.1. The minimum Gasteiger partial charge on any atom is -0.503 e. The summed E-state index contributed by atoms with van der Waals surface area (Å²) in [6.45, 7) is 0. The number of methoxy groups -OCH3 is 1. The Morgan fingerprint density at radius 2 is 2.00 bits per heavy atom. The highest BCUT2D eigenvalue weighted by atomic mass is 79.9. The van der Waals surface area contributed by atoms with Crippen molar-refractivity contribution >= 4 is 80.0 Å². The number of nitrogens with one attached hydrogen (secondary N) is 1. The maximum atomic E-state index is 13.0. The first-order valence-electron chi connectivity index (χ1n) is 7.66. The Morgan fingerprint density at radius 1 is 1.29 bits per heavy atom. The molecule has 1 heterocycles. The molecule has 0 spiro atoms. The topological polar surface area (TPSA) is 78.9 Å². The standard InChI is InChI=1S/C18H11BrCl2N2O4S/c1-27-13-7-8(6-10(19)15(13)24)5-9-16(25)22-18(28)23(17(9)26)12-4-2-3-11(20)14(12)21/h2-7,24H,1H3,(H,22,25,28)/b9-5+. The van der Waals surface area contributed by atoms with Crippen molar-refractivity contribution in [2.24, 2.45) is 0 Å². The molecule has 1 fully saturated rings. The van der Waals surface area contributed by atoms with Crippen molar-refractivity contribution in [3.05, 3.63) is 56.0 Å². The first-order valence-corrected chi connectivity index (χ1v) is 9.62. The van der Waals surface area contributed by atoms with Crippen LogP contribution in [-0.2, 0) is 9.59 Å². The molecule has 0 aromatic heterocycles. The Bertz CT molecular complexity index is 1060. The number of benzene rings is 2. The van der Waals surface area contributed by atoms with Crippen LogP contribution in [0.3, 0.4) is 0 Å². The first kappa shape index (κ1) is 20.6. The summed E-state index contributed by atoms with van der Waals surface area (Å²) < 4.78 is 5.43. The molecule has 1 aliphatic heterocycles. The highest BCUT2D eigenvalue weighted by Crippen LogP contribution is 2.37. The minimum atomic E-state index is -0.666. The fraction of sp³-hybridized carbons (Fsp3) is 0.0556. The van der Waals surface area contributed by atoms with E-state index in [-0.39, 0.29) is 37.9 Å². The Kier molecular flexibility index (Phi) is 5.95. The van der Waals surface area contributed by atoms with Gasteiger partial charge in [0, 0.05) is 0 Å². The summed E-state index contributed by atoms with van der Waals surface area (Å²) in [5, 5.41) is 12.6. The molecule has 1 aliphatic rings. The zero-order chi connectivity index (χ0) is 20.6. The maximum absolute atomic E-state index is 13.0. The molecular weight excluding hydrogens is 491 g/mol. The molecule has 0 atom stereocenters. The van der Waals surface area contributed by atoms with Crippen LogP contribution in [0.15, 0.2) is 40.4 Å². The van der Waals surface area contributed by atoms with Gasteiger partial charge >= 0.3 is 0 Å². The van der Waals surface area contributed by atoms with E-state index in [0.717, 1.165) is 4.90 Å². The number of halogens is 3. The summed E-state index contributed by atoms with van der Waals surface area (Å²) in [7, 11) is 1.39. The Labute approximate surface area is 183 Å². The SMILES string of the molecule is COc1cc(/C=C2\C(=O)NC(=S)N(c3cccc(Cl)c3Cl)C2=O)cc(Br)c1O. The van der Waals surface area contributed by atoms with Crippen LogP contribution >= 0.6 is 51.3 Å². The van der Waals surface area contributed by atoms with Gasteiger partial charge < -0.3 is 9.84 Å². The van der Waals surface area contributed by atoms with E-state index in [2.05, 4.69) is 21.2 Å². The molecule has 2 aromatic rings. The van der Waals surface area contributed by atoms with Gasteiger partial charge in [-0.1, -0.05) is 29.3 Å². The van der Waals surface area contributed by atoms with Gasteiger partial charge in [-0.15, -0.1) is 0 Å². The van der Waals surface area contributed by atoms with E-state index in [1.54, 1.807) is 18.2 Å². The van der Waals surface area contributed by atoms with Crippen LogP contribution in [0.4, 0.5) is 5.69 Å². The molecule has 2 aromatic carbocycles. The summed E-state index contributed by atoms with van der Waals surface area (Å²) in [5.41, 5.74) is 0.522. The molecule has 3 rings (SSSR count). The van der Waals surface area contributed by atoms with Crippen molar-refractivity contribution in [3.63, 3.8) is 0 Å². The lowest BCUT2D eigenvalue weighted by Gasteiger charge is -2.29. The molecule has 0 saturated carbocycles. The number of phenols is 1. The van der Waals surface area contributed by atoms with Crippen LogP contribution in [0.2, 0.25) is 10.0 Å². The zero-order valence-corrected chi connectivity index (χ0v) is 18.0. The molecular formula is C18H11BrCl2N2O4S. The first-order chi connectivity index (χ1) is 13.2. The largest absolute Gasteiger partial charge is 0.503 e. The third-order valence-electron chi connectivity index (χ3n) is 3.86. The highest BCUT2D eigenvalue weighted by molar-refractivity contribution is 9.10. The number of phenolic OH excluding ortho intramolecular Hbond substituents is 1. The number of aromatic hydroxyl groups is 1. The second-order valence-electron chi connectivity index (χ2n) is 5.58. The second kappa shape index (κ2) is 8.08. The number of anilines is 1. The fourth-order valence-electron chi connectivity index (χ4n) is 2.54. The van der Waals surface area contributed by atoms with Crippen LogP contribution in [0.1, 0.15) is 5.56 Å². The van der Waals surface area contributed by atoms with E-state index < -0.39 is 11.8 Å². The van der Waals surface area contributed by atoms with Gasteiger partial charge in [0.05, 0.1) is 27.3 Å². The van der Waals surface area contributed by atoms with E-state index in [1.165, 1.54) is 25.3 Å². The molecule has 144 valence electrons. The van der Waals surface area contributed by atoms with E-state index in [1.807, 2.05) is 0 Å². The number of hydrogen-bond donors (Lipinski definition) is 2. The Hall–Kier alpha value is -2.13. The van der Waals surface area contributed by atoms with Crippen molar-refractivity contribution in [2.45, 2.75) is 0 Å². The van der Waals surface area contributed by atoms with Crippen LogP contribution in [0.25, 0.3) is 6.08 Å². The van der Waals surface area contributed by atoms with Crippen LogP contribution in [0, 0.1) is 0 Å². The number of carbonyl (C=O) groups excluding carboxylic acids is 2. The molecule has 0 bridgehead atoms. The Balaban J connectivity index is 2.09. The molecule has 1 saturated heterocycles. The van der Waals surface area contributed by atoms with E-state index in [9.17, 15) is 14.7 Å². The number of rotatable bonds is 3. The third-order valence-corrected chi connectivity index (χ3v) is 5.55. The predicted molar refractivity (Wildman–Crippen MR) is 115 cm³/mol. The zero-order valence-electron chi connectivity index (χ0n) is 14.1. The second-order valence-corrected chi connectivity index (χ2v) is 7.61. The number of nitrogens with zero attached hydrogens (tertiary/aromatic N) is 1. The van der Waals surface area contributed by atoms with E-state index in [0.29, 0.717) is 10.0 Å². The molecule has 28 heavy (non-hydrogen) atoms. The summed E-state index contributed by atoms with van der Waals surface area (Å²) in [5.74, 6) is -1.25. The van der Waals surface area contributed by atoms with Gasteiger partial charge in [0.1, 0.15) is 5.57 Å². The molecule has 10 heteroatoms. The normalized spacial score (nSPS) is 15.8. The van der Waals surface area contributed by atoms with Crippen LogP contribution in [-0.4, -0.2) is 29.1 Å². The van der Waals surface area contributed by atoms with Gasteiger partial charge in [0.15, 0.2) is 16.6 Å². The molecule has 0 aliphatic carbocycles. The number of hydrogen-bond acceptors (Lipinski definition) is 5. The Morgan fingerprint density at radius 3 is 2.68 bits per heavy atom. The number of thiocarbonyl (C=S) groups is 1. The molecule has 2 N–H and O–H groups in total. The molecule has 0 radical (unpaired) electrons. The fourth-order valence-corrected chi connectivity index (χ4v) is 3.65. The maximum Gasteiger partial charge on any atom is 0.270 e. The van der Waals surface area contributed by atoms with Crippen molar-refractivity contribution in [1.29, 1.82) is 0 Å².